The molecule has 6 aliphatic heterocycles. The van der Waals surface area contributed by atoms with Crippen molar-refractivity contribution in [1.29, 1.82) is 0 Å². The molecule has 0 aromatic carbocycles. The summed E-state index contributed by atoms with van der Waals surface area (Å²) >= 11 is 0. The maximum atomic E-state index is 14.7. The zero-order valence-electron chi connectivity index (χ0n) is 36.3. The number of ketones is 1. The first-order valence-electron chi connectivity index (χ1n) is 22.0. The van der Waals surface area contributed by atoms with E-state index in [0.717, 1.165) is 0 Å². The molecule has 19 nitrogen and oxygen atoms in total. The van der Waals surface area contributed by atoms with Crippen LogP contribution in [0.1, 0.15) is 111 Å². The van der Waals surface area contributed by atoms with Gasteiger partial charge in [-0.1, -0.05) is 52.4 Å². The predicted molar refractivity (Wildman–Crippen MR) is 222 cm³/mol. The number of carbonyl (C=O) groups excluding carboxylic acids is 3. The number of carbonyl (C=O) groups is 8. The van der Waals surface area contributed by atoms with Gasteiger partial charge in [0.05, 0.1) is 0 Å². The van der Waals surface area contributed by atoms with Crippen molar-refractivity contribution in [3.05, 3.63) is 44.3 Å². The average molecular weight is 938 g/mol. The predicted octanol–water partition coefficient (Wildman–Crippen LogP) is 4.65. The van der Waals surface area contributed by atoms with Crippen LogP contribution in [-0.2, 0) is 54.8 Å². The van der Waals surface area contributed by atoms with Crippen LogP contribution in [0.2, 0.25) is 0 Å². The van der Waals surface area contributed by atoms with Crippen molar-refractivity contribution in [2.24, 2.45) is 57.5 Å². The minimum atomic E-state index is -1.44. The van der Waals surface area contributed by atoms with Crippen molar-refractivity contribution < 1.29 is 80.4 Å². The average Bonchev–Trinajstić information content (AvgIpc) is 3.82. The number of nitrogens with zero attached hydrogens (tertiary/aromatic N) is 4. The van der Waals surface area contributed by atoms with Crippen molar-refractivity contribution in [3.63, 3.8) is 0 Å². The molecular weight excluding hydrogens is 879 g/mol. The summed E-state index contributed by atoms with van der Waals surface area (Å²) in [5.41, 5.74) is 2.21. The van der Waals surface area contributed by atoms with Crippen LogP contribution in [0.25, 0.3) is 21.3 Å². The number of Topliss-reactive ketones (excluding diaryl/α,β-unsaturated/α-hetero) is 1. The number of aliphatic carboxylic acids is 5. The van der Waals surface area contributed by atoms with Crippen molar-refractivity contribution >= 4 is 47.4 Å². The quantitative estimate of drug-likeness (QED) is 0.110. The molecule has 0 aromatic heterocycles. The van der Waals surface area contributed by atoms with E-state index in [1.807, 2.05) is 20.8 Å². The Morgan fingerprint density at radius 1 is 0.797 bits per heavy atom. The number of hydrogen-bond donors (Lipinski definition) is 7. The van der Waals surface area contributed by atoms with Gasteiger partial charge in [0, 0.05) is 67.4 Å². The summed E-state index contributed by atoms with van der Waals surface area (Å²) in [5, 5.41) is 74.8. The Kier molecular flexibility index (Phi) is 13.5. The van der Waals surface area contributed by atoms with Gasteiger partial charge in [0.15, 0.2) is 5.78 Å². The van der Waals surface area contributed by atoms with Crippen LogP contribution in [0.4, 0.5) is 0 Å². The van der Waals surface area contributed by atoms with E-state index in [4.69, 9.17) is 27.0 Å². The second kappa shape index (κ2) is 17.7. The monoisotopic (exact) mass is 936 g/mol. The van der Waals surface area contributed by atoms with Gasteiger partial charge in [-0.3, -0.25) is 38.4 Å². The van der Waals surface area contributed by atoms with E-state index in [1.54, 1.807) is 13.0 Å². The van der Waals surface area contributed by atoms with Gasteiger partial charge < -0.3 is 57.9 Å². The third-order valence-corrected chi connectivity index (χ3v) is 16.2. The van der Waals surface area contributed by atoms with Gasteiger partial charge in [0.1, 0.15) is 0 Å². The maximum absolute atomic E-state index is 14.7. The molecule has 0 radical (unpaired) electrons. The molecule has 0 saturated carbocycles. The molecule has 15 atom stereocenters. The van der Waals surface area contributed by atoms with Gasteiger partial charge in [0.2, 0.25) is 11.8 Å². The molecule has 6 heterocycles. The number of rotatable bonds is 15. The Balaban J connectivity index is 0.00000680. The zero-order chi connectivity index (χ0) is 46.1. The fourth-order valence-corrected chi connectivity index (χ4v) is 13.4. The van der Waals surface area contributed by atoms with Crippen molar-refractivity contribution in [2.45, 2.75) is 147 Å². The Labute approximate surface area is 380 Å². The largest absolute Gasteiger partial charge is 0.684 e. The second-order valence-electron chi connectivity index (χ2n) is 20.0. The summed E-state index contributed by atoms with van der Waals surface area (Å²) < 4.78 is 0. The number of nitrogens with two attached hydrogens (primary N) is 1. The number of amides is 2. The van der Waals surface area contributed by atoms with Crippen LogP contribution in [0, 0.1) is 51.8 Å². The molecule has 20 heteroatoms. The molecule has 8 bridgehead atoms. The number of primary amides is 1. The summed E-state index contributed by atoms with van der Waals surface area (Å²) in [7, 11) is 0. The molecule has 1 spiro atoms. The van der Waals surface area contributed by atoms with Crippen LogP contribution in [0.15, 0.2) is 23.0 Å². The smallest absolute Gasteiger partial charge is 0.303 e. The topological polar surface area (TPSA) is 332 Å². The number of fused-ring (bicyclic) bond motifs is 7. The number of carboxylic acids is 5. The van der Waals surface area contributed by atoms with Gasteiger partial charge in [0.25, 0.3) is 0 Å². The number of hydrogen-bond acceptors (Lipinski definition) is 8. The molecule has 0 aromatic rings. The first-order chi connectivity index (χ1) is 29.4. The molecule has 5 fully saturated rings. The van der Waals surface area contributed by atoms with Crippen molar-refractivity contribution in [2.75, 3.05) is 0 Å². The second-order valence-corrected chi connectivity index (χ2v) is 20.0. The van der Waals surface area contributed by atoms with Crippen LogP contribution < -0.4 is 11.1 Å². The fraction of sp³-hybridized carbons (Fsp3) is 0.727. The van der Waals surface area contributed by atoms with E-state index < -0.39 is 130 Å². The molecule has 5 saturated heterocycles. The number of allylic oxidation sites excluding steroid dienone is 2. The Bertz CT molecular complexity index is 2060. The van der Waals surface area contributed by atoms with E-state index >= 15 is 0 Å². The van der Waals surface area contributed by atoms with Crippen LogP contribution >= 0.6 is 0 Å². The first-order valence-corrected chi connectivity index (χ1v) is 22.0. The minimum absolute atomic E-state index is 0. The summed E-state index contributed by atoms with van der Waals surface area (Å²) in [4.78, 5) is 103. The Hall–Kier alpha value is -4.55. The Morgan fingerprint density at radius 2 is 1.42 bits per heavy atom. The third-order valence-electron chi connectivity index (χ3n) is 16.2. The summed E-state index contributed by atoms with van der Waals surface area (Å²) in [6.07, 6.45) is 0.00420. The van der Waals surface area contributed by atoms with Crippen LogP contribution in [0.3, 0.4) is 0 Å². The normalized spacial score (nSPS) is 41.4. The van der Waals surface area contributed by atoms with Crippen molar-refractivity contribution in [3.8, 4) is 0 Å². The van der Waals surface area contributed by atoms with Crippen LogP contribution in [0.5, 0.6) is 0 Å². The number of carboxylic acid groups (broad SMARTS) is 5. The van der Waals surface area contributed by atoms with Gasteiger partial charge in [-0.2, -0.15) is 11.4 Å². The summed E-state index contributed by atoms with van der Waals surface area (Å²) in [6.45, 7) is 7.26. The molecule has 7 rings (SSSR count). The third kappa shape index (κ3) is 8.42. The molecule has 64 heavy (non-hydrogen) atoms. The molecule has 356 valence electrons. The van der Waals surface area contributed by atoms with E-state index in [1.165, 1.54) is 0 Å². The SMILES string of the molecule is C[C@H]1C[C@]2(C)C3=C(C1=O)[C@@H]1[N-]C(/C=C4\[N-][C@@]5(C[C@@H]6[N-]C(C[C@@H]([N-]3)[C@H]2CC(=O)O)[C@@](C)(CC(N)=O)[C@@H]6CCC(=O)O)NC(=O)C[C@@]5(C)[C@@H]4CCC(=O)O)[C@@H](CC(=O)O)[C@@H]1CCC(=O)O.[Ni]. The minimum Gasteiger partial charge on any atom is -0.684 e. The van der Waals surface area contributed by atoms with Crippen molar-refractivity contribution in [1.82, 2.24) is 5.32 Å². The summed E-state index contributed by atoms with van der Waals surface area (Å²) in [6, 6.07) is -4.32. The van der Waals surface area contributed by atoms with Gasteiger partial charge in [-0.15, -0.1) is 36.3 Å². The fourth-order valence-electron chi connectivity index (χ4n) is 13.4. The van der Waals surface area contributed by atoms with Gasteiger partial charge in [-0.25, -0.2) is 0 Å². The first kappa shape index (κ1) is 48.9. The standard InChI is InChI=1S/C44H59N6O13.Ni/c1-19-15-42(3)24(12-36(61)62)26-14-29-41(2,17-30(45)51)22(6-9-33(55)56)28(46-29)16-44-43(4,18-31(52)50-44)23(7-10-34(57)58)27(49-44)13-25-21(11-35(59)60)20(5-8-32(53)54)38(47-25)37(39(19)63)40(42)48-26;/h13,19-26,28-29,38H,5-12,14-18H2,1-4H3,(H9,45,48,50,51,52,53,54,55,56,57,58,59,60,61,62,63);/q-3;/p-1/b27-13-;/t19-,20-,21-,22+,23+,24+,25?,26+,28-,29?,38+,41-,42-,43-,44-;/m0./s1. The van der Waals surface area contributed by atoms with E-state index in [0.29, 0.717) is 11.4 Å². The van der Waals surface area contributed by atoms with Gasteiger partial charge in [-0.05, 0) is 70.9 Å². The van der Waals surface area contributed by atoms with Gasteiger partial charge >= 0.3 is 29.8 Å². The Morgan fingerprint density at radius 3 is 2.03 bits per heavy atom. The molecule has 2 unspecified atom stereocenters. The van der Waals surface area contributed by atoms with E-state index in [-0.39, 0.29) is 111 Å². The molecule has 7 aliphatic rings. The van der Waals surface area contributed by atoms with E-state index in [2.05, 4.69) is 5.32 Å². The maximum Gasteiger partial charge on any atom is 0.303 e. The number of nitrogens with one attached hydrogen (secondary N) is 1. The molecule has 8 N–H and O–H groups in total. The van der Waals surface area contributed by atoms with E-state index in [9.17, 15) is 63.9 Å². The zero-order valence-corrected chi connectivity index (χ0v) is 37.3. The molecular formula is C44H58N6NiO13-4. The summed E-state index contributed by atoms with van der Waals surface area (Å²) in [5.74, 6) is -11.3. The molecule has 2 amide bonds. The molecule has 1 aliphatic carbocycles. The van der Waals surface area contributed by atoms with Crippen LogP contribution in [-0.4, -0.2) is 109 Å².